The van der Waals surface area contributed by atoms with Crippen LogP contribution in [0.2, 0.25) is 0 Å². The SMILES string of the molecule is CC(C)c1cc2cncc(C(=O)N3CCN(c4cccc(C#N)c4)CC3)c2o1. The van der Waals surface area contributed by atoms with E-state index in [9.17, 15) is 4.79 Å². The molecule has 2 aromatic heterocycles. The zero-order valence-electron chi connectivity index (χ0n) is 16.1. The van der Waals surface area contributed by atoms with Crippen LogP contribution in [0.3, 0.4) is 0 Å². The van der Waals surface area contributed by atoms with Crippen LogP contribution in [0.25, 0.3) is 11.0 Å². The van der Waals surface area contributed by atoms with Crippen molar-refractivity contribution in [2.75, 3.05) is 31.1 Å². The van der Waals surface area contributed by atoms with Crippen LogP contribution in [0.4, 0.5) is 5.69 Å². The number of carbonyl (C=O) groups excluding carboxylic acids is 1. The van der Waals surface area contributed by atoms with Crippen molar-refractivity contribution in [1.29, 1.82) is 5.26 Å². The molecule has 0 aliphatic carbocycles. The molecule has 6 nitrogen and oxygen atoms in total. The number of furan rings is 1. The summed E-state index contributed by atoms with van der Waals surface area (Å²) in [5.74, 6) is 1.07. The molecule has 0 spiro atoms. The summed E-state index contributed by atoms with van der Waals surface area (Å²) in [6.07, 6.45) is 3.34. The summed E-state index contributed by atoms with van der Waals surface area (Å²) in [5.41, 5.74) is 2.80. The van der Waals surface area contributed by atoms with E-state index in [0.29, 0.717) is 29.8 Å². The van der Waals surface area contributed by atoms with Crippen LogP contribution in [-0.2, 0) is 0 Å². The van der Waals surface area contributed by atoms with Crippen molar-refractivity contribution in [3.05, 3.63) is 59.6 Å². The fraction of sp³-hybridized carbons (Fsp3) is 0.318. The minimum atomic E-state index is -0.0480. The van der Waals surface area contributed by atoms with Gasteiger partial charge in [0.25, 0.3) is 5.91 Å². The van der Waals surface area contributed by atoms with Crippen molar-refractivity contribution in [1.82, 2.24) is 9.88 Å². The molecule has 1 fully saturated rings. The number of rotatable bonds is 3. The monoisotopic (exact) mass is 374 g/mol. The molecule has 0 bridgehead atoms. The molecule has 3 heterocycles. The lowest BCUT2D eigenvalue weighted by Crippen LogP contribution is -2.48. The highest BCUT2D eigenvalue weighted by Gasteiger charge is 2.25. The van der Waals surface area contributed by atoms with Crippen LogP contribution in [0.5, 0.6) is 0 Å². The van der Waals surface area contributed by atoms with Gasteiger partial charge in [0.15, 0.2) is 0 Å². The van der Waals surface area contributed by atoms with Gasteiger partial charge in [-0.3, -0.25) is 9.78 Å². The summed E-state index contributed by atoms with van der Waals surface area (Å²) < 4.78 is 5.96. The molecule has 1 aliphatic heterocycles. The second-order valence-electron chi connectivity index (χ2n) is 7.35. The van der Waals surface area contributed by atoms with E-state index >= 15 is 0 Å². The number of pyridine rings is 1. The van der Waals surface area contributed by atoms with E-state index in [1.54, 1.807) is 18.5 Å². The molecule has 1 amide bonds. The molecule has 0 saturated carbocycles. The minimum absolute atomic E-state index is 0.0480. The number of hydrogen-bond donors (Lipinski definition) is 0. The van der Waals surface area contributed by atoms with E-state index in [2.05, 4.69) is 29.8 Å². The lowest BCUT2D eigenvalue weighted by Gasteiger charge is -2.36. The first-order valence-electron chi connectivity index (χ1n) is 9.48. The number of amides is 1. The Bertz CT molecular complexity index is 1060. The van der Waals surface area contributed by atoms with Gasteiger partial charge in [0.1, 0.15) is 16.9 Å². The number of hydrogen-bond acceptors (Lipinski definition) is 5. The van der Waals surface area contributed by atoms with Crippen LogP contribution in [-0.4, -0.2) is 42.0 Å². The first-order valence-corrected chi connectivity index (χ1v) is 9.48. The number of benzene rings is 1. The van der Waals surface area contributed by atoms with E-state index in [4.69, 9.17) is 9.68 Å². The number of fused-ring (bicyclic) bond motifs is 1. The van der Waals surface area contributed by atoms with Crippen LogP contribution >= 0.6 is 0 Å². The summed E-state index contributed by atoms with van der Waals surface area (Å²) in [4.78, 5) is 21.4. The predicted molar refractivity (Wildman–Crippen MR) is 107 cm³/mol. The van der Waals surface area contributed by atoms with Crippen LogP contribution in [0, 0.1) is 11.3 Å². The second-order valence-corrected chi connectivity index (χ2v) is 7.35. The van der Waals surface area contributed by atoms with Crippen molar-refractivity contribution in [3.63, 3.8) is 0 Å². The average Bonchev–Trinajstić information content (AvgIpc) is 3.18. The molecule has 0 unspecified atom stereocenters. The quantitative estimate of drug-likeness (QED) is 0.697. The highest BCUT2D eigenvalue weighted by molar-refractivity contribution is 6.04. The minimum Gasteiger partial charge on any atom is -0.460 e. The van der Waals surface area contributed by atoms with Gasteiger partial charge in [-0.15, -0.1) is 0 Å². The average molecular weight is 374 g/mol. The number of nitrogens with zero attached hydrogens (tertiary/aromatic N) is 4. The van der Waals surface area contributed by atoms with Crippen molar-refractivity contribution in [2.45, 2.75) is 19.8 Å². The third-order valence-corrected chi connectivity index (χ3v) is 5.15. The fourth-order valence-electron chi connectivity index (χ4n) is 3.53. The zero-order chi connectivity index (χ0) is 19.7. The largest absolute Gasteiger partial charge is 0.460 e. The van der Waals surface area contributed by atoms with Gasteiger partial charge in [-0.2, -0.15) is 5.26 Å². The summed E-state index contributed by atoms with van der Waals surface area (Å²) in [6, 6.07) is 11.7. The van der Waals surface area contributed by atoms with Crippen LogP contribution in [0.1, 0.15) is 41.4 Å². The standard InChI is InChI=1S/C22H22N4O2/c1-15(2)20-11-17-13-24-14-19(21(17)28-20)22(27)26-8-6-25(7-9-26)18-5-3-4-16(10-18)12-23/h3-5,10-11,13-15H,6-9H2,1-2H3. The number of piperazine rings is 1. The maximum atomic E-state index is 13.1. The molecule has 0 atom stereocenters. The maximum Gasteiger partial charge on any atom is 0.259 e. The maximum absolute atomic E-state index is 13.1. The van der Waals surface area contributed by atoms with Gasteiger partial charge in [-0.05, 0) is 24.3 Å². The third kappa shape index (κ3) is 3.31. The number of carbonyl (C=O) groups is 1. The Morgan fingerprint density at radius 2 is 1.96 bits per heavy atom. The molecule has 1 saturated heterocycles. The lowest BCUT2D eigenvalue weighted by atomic mass is 10.1. The number of aromatic nitrogens is 1. The van der Waals surface area contributed by atoms with Crippen molar-refractivity contribution in [2.24, 2.45) is 0 Å². The van der Waals surface area contributed by atoms with Crippen LogP contribution in [0.15, 0.2) is 47.1 Å². The smallest absolute Gasteiger partial charge is 0.259 e. The Labute approximate surface area is 164 Å². The summed E-state index contributed by atoms with van der Waals surface area (Å²) >= 11 is 0. The Kier molecular flexibility index (Phi) is 4.74. The van der Waals surface area contributed by atoms with Gasteiger partial charge in [0.2, 0.25) is 0 Å². The van der Waals surface area contributed by atoms with E-state index in [1.165, 1.54) is 0 Å². The Morgan fingerprint density at radius 3 is 2.68 bits per heavy atom. The predicted octanol–water partition coefficient (Wildman–Crippen LogP) is 3.79. The van der Waals surface area contributed by atoms with E-state index in [-0.39, 0.29) is 11.8 Å². The molecule has 1 aromatic carbocycles. The molecule has 0 N–H and O–H groups in total. The summed E-state index contributed by atoms with van der Waals surface area (Å²) in [5, 5.41) is 9.95. The van der Waals surface area contributed by atoms with Crippen LogP contribution < -0.4 is 4.90 Å². The van der Waals surface area contributed by atoms with Crippen molar-refractivity contribution >= 4 is 22.6 Å². The van der Waals surface area contributed by atoms with Gasteiger partial charge < -0.3 is 14.2 Å². The molecule has 142 valence electrons. The second kappa shape index (κ2) is 7.35. The Balaban J connectivity index is 1.51. The van der Waals surface area contributed by atoms with E-state index in [0.717, 1.165) is 29.9 Å². The molecule has 6 heteroatoms. The molecule has 1 aliphatic rings. The van der Waals surface area contributed by atoms with Gasteiger partial charge >= 0.3 is 0 Å². The third-order valence-electron chi connectivity index (χ3n) is 5.15. The molecule has 4 rings (SSSR count). The first-order chi connectivity index (χ1) is 13.6. The molecular weight excluding hydrogens is 352 g/mol. The molecular formula is C22H22N4O2. The topological polar surface area (TPSA) is 73.4 Å². The molecule has 0 radical (unpaired) electrons. The Morgan fingerprint density at radius 1 is 1.18 bits per heavy atom. The molecule has 3 aromatic rings. The fourth-order valence-corrected chi connectivity index (χ4v) is 3.53. The Hall–Kier alpha value is -3.33. The van der Waals surface area contributed by atoms with Gasteiger partial charge in [0, 0.05) is 55.6 Å². The summed E-state index contributed by atoms with van der Waals surface area (Å²) in [6.45, 7) is 6.80. The van der Waals surface area contributed by atoms with Gasteiger partial charge in [-0.1, -0.05) is 19.9 Å². The zero-order valence-corrected chi connectivity index (χ0v) is 16.1. The van der Waals surface area contributed by atoms with Gasteiger partial charge in [-0.25, -0.2) is 0 Å². The van der Waals surface area contributed by atoms with Gasteiger partial charge in [0.05, 0.1) is 11.6 Å². The lowest BCUT2D eigenvalue weighted by molar-refractivity contribution is 0.0747. The highest BCUT2D eigenvalue weighted by atomic mass is 16.3. The summed E-state index contributed by atoms with van der Waals surface area (Å²) in [7, 11) is 0. The molecule has 28 heavy (non-hydrogen) atoms. The van der Waals surface area contributed by atoms with Crippen molar-refractivity contribution in [3.8, 4) is 6.07 Å². The van der Waals surface area contributed by atoms with E-state index in [1.807, 2.05) is 29.2 Å². The van der Waals surface area contributed by atoms with E-state index < -0.39 is 0 Å². The highest BCUT2D eigenvalue weighted by Crippen LogP contribution is 2.28. The first kappa shape index (κ1) is 18.1. The van der Waals surface area contributed by atoms with Crippen molar-refractivity contribution < 1.29 is 9.21 Å². The normalized spacial score (nSPS) is 14.5. The number of nitriles is 1. The number of anilines is 1.